The van der Waals surface area contributed by atoms with E-state index >= 15 is 0 Å². The van der Waals surface area contributed by atoms with E-state index in [1.807, 2.05) is 0 Å². The molecule has 1 aliphatic heterocycles. The number of hydrogen-bond donors (Lipinski definition) is 1. The van der Waals surface area contributed by atoms with E-state index in [2.05, 4.69) is 4.98 Å². The molecule has 1 aromatic heterocycles. The van der Waals surface area contributed by atoms with Crippen LogP contribution in [0.25, 0.3) is 10.9 Å². The number of aliphatic hydroxyl groups excluding tert-OH is 1. The van der Waals surface area contributed by atoms with Gasteiger partial charge in [-0.15, -0.1) is 0 Å². The summed E-state index contributed by atoms with van der Waals surface area (Å²) >= 11 is 0. The van der Waals surface area contributed by atoms with E-state index in [-0.39, 0.29) is 29.6 Å². The van der Waals surface area contributed by atoms with Crippen molar-refractivity contribution < 1.29 is 24.2 Å². The zero-order chi connectivity index (χ0) is 18.8. The van der Waals surface area contributed by atoms with Crippen molar-refractivity contribution in [3.8, 4) is 5.75 Å². The van der Waals surface area contributed by atoms with Crippen LogP contribution in [0.5, 0.6) is 5.75 Å². The van der Waals surface area contributed by atoms with Crippen molar-refractivity contribution in [2.24, 2.45) is 0 Å². The second-order valence-electron chi connectivity index (χ2n) is 6.91. The number of ether oxygens (including phenoxy) is 2. The number of allylic oxidation sites excluding steroid dienone is 2. The highest BCUT2D eigenvalue weighted by Crippen LogP contribution is 2.29. The van der Waals surface area contributed by atoms with Crippen molar-refractivity contribution in [3.63, 3.8) is 0 Å². The lowest BCUT2D eigenvalue weighted by atomic mass is 9.90. The van der Waals surface area contributed by atoms with Gasteiger partial charge in [0.15, 0.2) is 11.6 Å². The van der Waals surface area contributed by atoms with Crippen molar-refractivity contribution in [1.29, 1.82) is 0 Å². The molecule has 0 amide bonds. The van der Waals surface area contributed by atoms with Crippen molar-refractivity contribution in [2.45, 2.75) is 38.2 Å². The zero-order valence-corrected chi connectivity index (χ0v) is 14.9. The first-order chi connectivity index (χ1) is 13.1. The van der Waals surface area contributed by atoms with E-state index in [0.717, 1.165) is 19.4 Å². The van der Waals surface area contributed by atoms with Crippen LogP contribution in [0, 0.1) is 0 Å². The Bertz CT molecular complexity index is 927. The molecule has 1 saturated heterocycles. The highest BCUT2D eigenvalue weighted by Gasteiger charge is 2.27. The van der Waals surface area contributed by atoms with Gasteiger partial charge in [0.1, 0.15) is 23.7 Å². The average Bonchev–Trinajstić information content (AvgIpc) is 3.19. The van der Waals surface area contributed by atoms with Gasteiger partial charge in [-0.05, 0) is 43.5 Å². The summed E-state index contributed by atoms with van der Waals surface area (Å²) in [5, 5.41) is 10.7. The fourth-order valence-electron chi connectivity index (χ4n) is 3.58. The first-order valence-corrected chi connectivity index (χ1v) is 9.26. The van der Waals surface area contributed by atoms with Gasteiger partial charge in [0.05, 0.1) is 11.6 Å². The molecular formula is C21H21NO5. The number of carbonyl (C=O) groups excluding carboxylic acids is 2. The Kier molecular flexibility index (Phi) is 4.90. The summed E-state index contributed by atoms with van der Waals surface area (Å²) < 4.78 is 11.5. The second-order valence-corrected chi connectivity index (χ2v) is 6.91. The Morgan fingerprint density at radius 3 is 2.93 bits per heavy atom. The van der Waals surface area contributed by atoms with Gasteiger partial charge in [0, 0.05) is 36.6 Å². The van der Waals surface area contributed by atoms with Gasteiger partial charge in [0.25, 0.3) is 0 Å². The highest BCUT2D eigenvalue weighted by molar-refractivity contribution is 6.27. The van der Waals surface area contributed by atoms with Gasteiger partial charge < -0.3 is 14.6 Å². The summed E-state index contributed by atoms with van der Waals surface area (Å²) in [5.74, 6) is -0.242. The molecule has 6 nitrogen and oxygen atoms in total. The van der Waals surface area contributed by atoms with E-state index in [1.165, 1.54) is 0 Å². The minimum absolute atomic E-state index is 0.0833. The quantitative estimate of drug-likeness (QED) is 0.643. The topological polar surface area (TPSA) is 85.7 Å². The van der Waals surface area contributed by atoms with Gasteiger partial charge >= 0.3 is 0 Å². The lowest BCUT2D eigenvalue weighted by molar-refractivity contribution is -0.116. The molecule has 27 heavy (non-hydrogen) atoms. The molecule has 1 fully saturated rings. The minimum Gasteiger partial charge on any atom is -0.511 e. The zero-order valence-electron chi connectivity index (χ0n) is 14.9. The largest absolute Gasteiger partial charge is 0.511 e. The van der Waals surface area contributed by atoms with Crippen LogP contribution in [-0.2, 0) is 9.53 Å². The molecule has 1 aliphatic carbocycles. The fraction of sp³-hybridized carbons (Fsp3) is 0.381. The molecule has 0 spiro atoms. The molecular weight excluding hydrogens is 346 g/mol. The van der Waals surface area contributed by atoms with Crippen LogP contribution in [0.3, 0.4) is 0 Å². The summed E-state index contributed by atoms with van der Waals surface area (Å²) in [6.45, 7) is 1.21. The van der Waals surface area contributed by atoms with Crippen LogP contribution in [0.4, 0.5) is 0 Å². The number of benzene rings is 1. The van der Waals surface area contributed by atoms with Gasteiger partial charge in [0.2, 0.25) is 0 Å². The summed E-state index contributed by atoms with van der Waals surface area (Å²) in [4.78, 5) is 29.2. The third-order valence-electron chi connectivity index (χ3n) is 5.02. The Morgan fingerprint density at radius 1 is 1.26 bits per heavy atom. The van der Waals surface area contributed by atoms with Crippen LogP contribution < -0.4 is 4.74 Å². The SMILES string of the molecule is O=C1CCCC(O)=C1C(=O)c1ccc2nccc(OCC3CCCO3)c2c1. The molecule has 1 aromatic carbocycles. The van der Waals surface area contributed by atoms with Crippen molar-refractivity contribution >= 4 is 22.5 Å². The molecule has 1 N–H and O–H groups in total. The Labute approximate surface area is 156 Å². The predicted octanol–water partition coefficient (Wildman–Crippen LogP) is 3.54. The number of hydrogen-bond acceptors (Lipinski definition) is 6. The maximum Gasteiger partial charge on any atom is 0.200 e. The number of rotatable bonds is 5. The van der Waals surface area contributed by atoms with Crippen molar-refractivity contribution in [1.82, 2.24) is 4.98 Å². The lowest BCUT2D eigenvalue weighted by Crippen LogP contribution is -2.19. The Morgan fingerprint density at radius 2 is 2.15 bits per heavy atom. The molecule has 4 rings (SSSR count). The molecule has 140 valence electrons. The minimum atomic E-state index is -0.451. The van der Waals surface area contributed by atoms with E-state index in [4.69, 9.17) is 9.47 Å². The molecule has 1 unspecified atom stereocenters. The Hall–Kier alpha value is -2.73. The number of aromatic nitrogens is 1. The third-order valence-corrected chi connectivity index (χ3v) is 5.02. The number of Topliss-reactive ketones (excluding diaryl/α,β-unsaturated/α-hetero) is 2. The summed E-state index contributed by atoms with van der Waals surface area (Å²) in [6.07, 6.45) is 4.98. The van der Waals surface area contributed by atoms with E-state index < -0.39 is 5.78 Å². The summed E-state index contributed by atoms with van der Waals surface area (Å²) in [6, 6.07) is 6.79. The van der Waals surface area contributed by atoms with Gasteiger partial charge in [-0.2, -0.15) is 0 Å². The molecule has 2 heterocycles. The number of pyridine rings is 1. The molecule has 2 aromatic rings. The maximum absolute atomic E-state index is 12.8. The Balaban J connectivity index is 1.65. The van der Waals surface area contributed by atoms with Gasteiger partial charge in [-0.25, -0.2) is 0 Å². The number of aliphatic hydroxyl groups is 1. The van der Waals surface area contributed by atoms with Gasteiger partial charge in [-0.3, -0.25) is 14.6 Å². The summed E-state index contributed by atoms with van der Waals surface area (Å²) in [5.41, 5.74) is 0.949. The first kappa shape index (κ1) is 17.7. The summed E-state index contributed by atoms with van der Waals surface area (Å²) in [7, 11) is 0. The van der Waals surface area contributed by atoms with Crippen LogP contribution in [0.2, 0.25) is 0 Å². The standard InChI is InChI=1S/C21H21NO5/c23-17-4-1-5-18(24)20(17)21(25)13-6-7-16-15(11-13)19(8-9-22-16)27-12-14-3-2-10-26-14/h6-9,11,14,23H,1-5,10,12H2. The van der Waals surface area contributed by atoms with E-state index in [9.17, 15) is 14.7 Å². The number of ketones is 2. The predicted molar refractivity (Wildman–Crippen MR) is 99.1 cm³/mol. The van der Waals surface area contributed by atoms with Gasteiger partial charge in [-0.1, -0.05) is 0 Å². The number of carbonyl (C=O) groups is 2. The second kappa shape index (κ2) is 7.48. The van der Waals surface area contributed by atoms with E-state index in [0.29, 0.717) is 41.7 Å². The molecule has 6 heteroatoms. The van der Waals surface area contributed by atoms with E-state index in [1.54, 1.807) is 30.5 Å². The maximum atomic E-state index is 12.8. The molecule has 1 atom stereocenters. The van der Waals surface area contributed by atoms with Crippen LogP contribution in [-0.4, -0.2) is 41.0 Å². The fourth-order valence-corrected chi connectivity index (χ4v) is 3.58. The number of nitrogens with zero attached hydrogens (tertiary/aromatic N) is 1. The normalized spacial score (nSPS) is 20.3. The molecule has 0 saturated carbocycles. The first-order valence-electron chi connectivity index (χ1n) is 9.26. The molecule has 0 radical (unpaired) electrons. The highest BCUT2D eigenvalue weighted by atomic mass is 16.5. The number of fused-ring (bicyclic) bond motifs is 1. The lowest BCUT2D eigenvalue weighted by Gasteiger charge is -2.15. The van der Waals surface area contributed by atoms with Crippen molar-refractivity contribution in [3.05, 3.63) is 47.4 Å². The monoisotopic (exact) mass is 367 g/mol. The molecule has 0 bridgehead atoms. The van der Waals surface area contributed by atoms with Crippen molar-refractivity contribution in [2.75, 3.05) is 13.2 Å². The molecule has 2 aliphatic rings. The van der Waals surface area contributed by atoms with Crippen LogP contribution >= 0.6 is 0 Å². The van der Waals surface area contributed by atoms with Crippen LogP contribution in [0.1, 0.15) is 42.5 Å². The smallest absolute Gasteiger partial charge is 0.200 e. The average molecular weight is 367 g/mol. The third kappa shape index (κ3) is 3.57. The van der Waals surface area contributed by atoms with Crippen LogP contribution in [0.15, 0.2) is 41.8 Å².